The van der Waals surface area contributed by atoms with Crippen LogP contribution in [0.2, 0.25) is 5.02 Å². The minimum atomic E-state index is -0.769. The Labute approximate surface area is 102 Å². The van der Waals surface area contributed by atoms with Gasteiger partial charge in [-0.05, 0) is 18.2 Å². The highest BCUT2D eigenvalue weighted by molar-refractivity contribution is 6.33. The summed E-state index contributed by atoms with van der Waals surface area (Å²) in [5, 5.41) is 0.104. The molecule has 0 saturated carbocycles. The summed E-state index contributed by atoms with van der Waals surface area (Å²) in [6, 6.07) is 8.27. The molecule has 0 spiro atoms. The first-order chi connectivity index (χ1) is 8.15. The average molecular weight is 253 g/mol. The zero-order chi connectivity index (χ0) is 12.4. The maximum atomic E-state index is 13.9. The van der Waals surface area contributed by atoms with E-state index in [-0.39, 0.29) is 21.7 Å². The standard InChI is InChI=1S/C13H7ClF2O/c14-10-5-2-6-11(15)12(10)9-4-1-3-8(7-17)13(9)16/h1-7H. The molecule has 4 heteroatoms. The summed E-state index contributed by atoms with van der Waals surface area (Å²) < 4.78 is 27.5. The molecule has 0 amide bonds. The molecular formula is C13H7ClF2O. The number of carbonyl (C=O) groups excluding carboxylic acids is 1. The van der Waals surface area contributed by atoms with Gasteiger partial charge in [-0.25, -0.2) is 8.78 Å². The number of rotatable bonds is 2. The van der Waals surface area contributed by atoms with E-state index in [0.29, 0.717) is 6.29 Å². The van der Waals surface area contributed by atoms with E-state index in [4.69, 9.17) is 11.6 Å². The summed E-state index contributed by atoms with van der Waals surface area (Å²) in [5.41, 5.74) is -0.171. The summed E-state index contributed by atoms with van der Waals surface area (Å²) in [5.74, 6) is -1.39. The van der Waals surface area contributed by atoms with Gasteiger partial charge in [-0.2, -0.15) is 0 Å². The van der Waals surface area contributed by atoms with Crippen LogP contribution in [0.1, 0.15) is 10.4 Å². The fourth-order valence-corrected chi connectivity index (χ4v) is 1.85. The van der Waals surface area contributed by atoms with Crippen molar-refractivity contribution in [3.05, 3.63) is 58.6 Å². The Morgan fingerprint density at radius 3 is 2.41 bits per heavy atom. The van der Waals surface area contributed by atoms with Gasteiger partial charge in [0.2, 0.25) is 0 Å². The SMILES string of the molecule is O=Cc1cccc(-c2c(F)cccc2Cl)c1F. The number of carbonyl (C=O) groups is 1. The Morgan fingerprint density at radius 2 is 1.76 bits per heavy atom. The molecule has 0 saturated heterocycles. The molecule has 0 aliphatic carbocycles. The molecule has 0 aliphatic heterocycles. The normalized spacial score (nSPS) is 10.3. The van der Waals surface area contributed by atoms with Gasteiger partial charge in [-0.15, -0.1) is 0 Å². The van der Waals surface area contributed by atoms with Gasteiger partial charge in [0.05, 0.1) is 10.6 Å². The van der Waals surface area contributed by atoms with Crippen LogP contribution in [0.5, 0.6) is 0 Å². The van der Waals surface area contributed by atoms with Crippen molar-refractivity contribution >= 4 is 17.9 Å². The molecule has 0 unspecified atom stereocenters. The fraction of sp³-hybridized carbons (Fsp3) is 0. The highest BCUT2D eigenvalue weighted by Gasteiger charge is 2.15. The first-order valence-corrected chi connectivity index (χ1v) is 5.21. The lowest BCUT2D eigenvalue weighted by molar-refractivity contribution is 0.112. The Kier molecular flexibility index (Phi) is 3.20. The molecule has 17 heavy (non-hydrogen) atoms. The van der Waals surface area contributed by atoms with Crippen molar-refractivity contribution in [2.45, 2.75) is 0 Å². The smallest absolute Gasteiger partial charge is 0.153 e. The van der Waals surface area contributed by atoms with E-state index in [2.05, 4.69) is 0 Å². The highest BCUT2D eigenvalue weighted by Crippen LogP contribution is 2.32. The maximum Gasteiger partial charge on any atom is 0.153 e. The van der Waals surface area contributed by atoms with Crippen LogP contribution in [-0.2, 0) is 0 Å². The van der Waals surface area contributed by atoms with Crippen molar-refractivity contribution in [2.24, 2.45) is 0 Å². The number of halogens is 3. The lowest BCUT2D eigenvalue weighted by Gasteiger charge is -2.08. The summed E-state index contributed by atoms with van der Waals surface area (Å²) >= 11 is 5.84. The first-order valence-electron chi connectivity index (χ1n) is 4.83. The van der Waals surface area contributed by atoms with Crippen molar-refractivity contribution in [3.8, 4) is 11.1 Å². The molecule has 2 aromatic carbocycles. The van der Waals surface area contributed by atoms with Crippen molar-refractivity contribution in [2.75, 3.05) is 0 Å². The van der Waals surface area contributed by atoms with Crippen molar-refractivity contribution in [1.82, 2.24) is 0 Å². The molecule has 0 radical (unpaired) electrons. The van der Waals surface area contributed by atoms with Crippen LogP contribution in [0.4, 0.5) is 8.78 Å². The third-order valence-electron chi connectivity index (χ3n) is 2.39. The Balaban J connectivity index is 2.73. The Bertz CT molecular complexity index is 561. The van der Waals surface area contributed by atoms with Gasteiger partial charge in [0.15, 0.2) is 6.29 Å². The van der Waals surface area contributed by atoms with Gasteiger partial charge < -0.3 is 0 Å². The van der Waals surface area contributed by atoms with Crippen LogP contribution in [0, 0.1) is 11.6 Å². The lowest BCUT2D eigenvalue weighted by Crippen LogP contribution is -1.94. The minimum Gasteiger partial charge on any atom is -0.298 e. The zero-order valence-corrected chi connectivity index (χ0v) is 9.34. The molecule has 1 nitrogen and oxygen atoms in total. The predicted octanol–water partition coefficient (Wildman–Crippen LogP) is 4.10. The van der Waals surface area contributed by atoms with Crippen LogP contribution in [-0.4, -0.2) is 6.29 Å². The predicted molar refractivity (Wildman–Crippen MR) is 62.2 cm³/mol. The molecule has 2 aromatic rings. The van der Waals surface area contributed by atoms with Crippen LogP contribution in [0.15, 0.2) is 36.4 Å². The molecule has 86 valence electrons. The van der Waals surface area contributed by atoms with Gasteiger partial charge in [0.25, 0.3) is 0 Å². The third kappa shape index (κ3) is 2.06. The van der Waals surface area contributed by atoms with E-state index in [1.54, 1.807) is 0 Å². The second-order valence-corrected chi connectivity index (χ2v) is 3.83. The molecule has 0 heterocycles. The Hall–Kier alpha value is -1.74. The number of benzene rings is 2. The van der Waals surface area contributed by atoms with Crippen LogP contribution in [0.25, 0.3) is 11.1 Å². The topological polar surface area (TPSA) is 17.1 Å². The third-order valence-corrected chi connectivity index (χ3v) is 2.70. The minimum absolute atomic E-state index is 0.0160. The van der Waals surface area contributed by atoms with Crippen LogP contribution < -0.4 is 0 Å². The summed E-state index contributed by atoms with van der Waals surface area (Å²) in [4.78, 5) is 10.6. The monoisotopic (exact) mass is 252 g/mol. The van der Waals surface area contributed by atoms with E-state index in [1.165, 1.54) is 36.4 Å². The van der Waals surface area contributed by atoms with Crippen molar-refractivity contribution in [1.29, 1.82) is 0 Å². The second-order valence-electron chi connectivity index (χ2n) is 3.42. The first kappa shape index (κ1) is 11.7. The molecular weight excluding hydrogens is 246 g/mol. The van der Waals surface area contributed by atoms with Gasteiger partial charge in [0.1, 0.15) is 11.6 Å². The molecule has 0 aliphatic rings. The lowest BCUT2D eigenvalue weighted by atomic mass is 10.0. The van der Waals surface area contributed by atoms with E-state index < -0.39 is 11.6 Å². The summed E-state index contributed by atoms with van der Waals surface area (Å²) in [6.45, 7) is 0. The molecule has 0 N–H and O–H groups in total. The Morgan fingerprint density at radius 1 is 1.06 bits per heavy atom. The number of hydrogen-bond acceptors (Lipinski definition) is 1. The van der Waals surface area contributed by atoms with E-state index in [9.17, 15) is 13.6 Å². The van der Waals surface area contributed by atoms with Gasteiger partial charge >= 0.3 is 0 Å². The van der Waals surface area contributed by atoms with E-state index in [0.717, 1.165) is 0 Å². The number of aldehydes is 1. The van der Waals surface area contributed by atoms with Crippen LogP contribution >= 0.6 is 11.6 Å². The van der Waals surface area contributed by atoms with Crippen molar-refractivity contribution < 1.29 is 13.6 Å². The maximum absolute atomic E-state index is 13.9. The molecule has 0 fully saturated rings. The van der Waals surface area contributed by atoms with Crippen molar-refractivity contribution in [3.63, 3.8) is 0 Å². The second kappa shape index (κ2) is 4.63. The van der Waals surface area contributed by atoms with E-state index >= 15 is 0 Å². The largest absolute Gasteiger partial charge is 0.298 e. The quantitative estimate of drug-likeness (QED) is 0.736. The van der Waals surface area contributed by atoms with Crippen LogP contribution in [0.3, 0.4) is 0 Å². The van der Waals surface area contributed by atoms with Gasteiger partial charge in [-0.3, -0.25) is 4.79 Å². The summed E-state index contributed by atoms with van der Waals surface area (Å²) in [7, 11) is 0. The van der Waals surface area contributed by atoms with E-state index in [1.807, 2.05) is 0 Å². The average Bonchev–Trinajstić information content (AvgIpc) is 2.31. The fourth-order valence-electron chi connectivity index (χ4n) is 1.59. The summed E-state index contributed by atoms with van der Waals surface area (Å²) in [6.07, 6.45) is 0.383. The number of hydrogen-bond donors (Lipinski definition) is 0. The van der Waals surface area contributed by atoms with Gasteiger partial charge in [-0.1, -0.05) is 29.8 Å². The molecule has 0 bridgehead atoms. The highest BCUT2D eigenvalue weighted by atomic mass is 35.5. The molecule has 0 atom stereocenters. The zero-order valence-electron chi connectivity index (χ0n) is 8.58. The molecule has 2 rings (SSSR count). The van der Waals surface area contributed by atoms with Gasteiger partial charge in [0, 0.05) is 11.1 Å². The molecule has 0 aromatic heterocycles.